The van der Waals surface area contributed by atoms with Crippen LogP contribution in [0.2, 0.25) is 5.02 Å². The van der Waals surface area contributed by atoms with Gasteiger partial charge in [0.25, 0.3) is 10.0 Å². The predicted molar refractivity (Wildman–Crippen MR) is 81.5 cm³/mol. The Kier molecular flexibility index (Phi) is 4.53. The molecule has 0 saturated carbocycles. The third kappa shape index (κ3) is 3.55. The Labute approximate surface area is 127 Å². The van der Waals surface area contributed by atoms with Gasteiger partial charge in [0.15, 0.2) is 0 Å². The average molecular weight is 325 g/mol. The van der Waals surface area contributed by atoms with Crippen molar-refractivity contribution in [2.75, 3.05) is 11.3 Å². The van der Waals surface area contributed by atoms with Gasteiger partial charge in [-0.15, -0.1) is 0 Å². The Morgan fingerprint density at radius 3 is 2.86 bits per heavy atom. The summed E-state index contributed by atoms with van der Waals surface area (Å²) in [4.78, 5) is 0.0789. The molecule has 6 nitrogen and oxygen atoms in total. The zero-order chi connectivity index (χ0) is 15.5. The molecule has 0 amide bonds. The summed E-state index contributed by atoms with van der Waals surface area (Å²) in [5, 5.41) is 6.75. The number of nitrogens with one attached hydrogen (secondary N) is 2. The summed E-state index contributed by atoms with van der Waals surface area (Å²) in [5.74, 6) is 5.46. The second-order valence-corrected chi connectivity index (χ2v) is 6.25. The van der Waals surface area contributed by atoms with Crippen LogP contribution >= 0.6 is 11.6 Å². The SMILES string of the molecule is Cc1[nH]ncc1S(=O)(=O)Nc1ccc(Cl)cc1C#CCN. The van der Waals surface area contributed by atoms with Crippen LogP contribution in [0.5, 0.6) is 0 Å². The van der Waals surface area contributed by atoms with Crippen LogP contribution < -0.4 is 10.5 Å². The molecule has 0 saturated heterocycles. The van der Waals surface area contributed by atoms with E-state index < -0.39 is 10.0 Å². The van der Waals surface area contributed by atoms with E-state index in [1.807, 2.05) is 0 Å². The molecule has 0 aliphatic heterocycles. The van der Waals surface area contributed by atoms with E-state index in [4.69, 9.17) is 17.3 Å². The van der Waals surface area contributed by atoms with Crippen LogP contribution in [0.15, 0.2) is 29.3 Å². The Bertz CT molecular complexity index is 818. The van der Waals surface area contributed by atoms with Gasteiger partial charge in [0.2, 0.25) is 0 Å². The number of halogens is 1. The molecule has 0 spiro atoms. The maximum atomic E-state index is 12.3. The minimum absolute atomic E-state index is 0.0789. The molecule has 0 bridgehead atoms. The van der Waals surface area contributed by atoms with Gasteiger partial charge in [-0.05, 0) is 25.1 Å². The molecule has 0 unspecified atom stereocenters. The molecule has 2 aromatic rings. The number of benzene rings is 1. The summed E-state index contributed by atoms with van der Waals surface area (Å²) >= 11 is 5.90. The number of nitrogens with zero attached hydrogens (tertiary/aromatic N) is 1. The van der Waals surface area contributed by atoms with Crippen LogP contribution in [0.25, 0.3) is 0 Å². The number of H-pyrrole nitrogens is 1. The highest BCUT2D eigenvalue weighted by atomic mass is 35.5. The highest BCUT2D eigenvalue weighted by molar-refractivity contribution is 7.92. The van der Waals surface area contributed by atoms with Crippen molar-refractivity contribution in [1.82, 2.24) is 10.2 Å². The van der Waals surface area contributed by atoms with Gasteiger partial charge in [-0.1, -0.05) is 23.4 Å². The van der Waals surface area contributed by atoms with Crippen LogP contribution in [-0.2, 0) is 10.0 Å². The molecule has 21 heavy (non-hydrogen) atoms. The van der Waals surface area contributed by atoms with Gasteiger partial charge in [0, 0.05) is 5.02 Å². The first kappa shape index (κ1) is 15.4. The van der Waals surface area contributed by atoms with E-state index in [2.05, 4.69) is 26.8 Å². The monoisotopic (exact) mass is 324 g/mol. The highest BCUT2D eigenvalue weighted by Crippen LogP contribution is 2.23. The lowest BCUT2D eigenvalue weighted by Crippen LogP contribution is -2.14. The second kappa shape index (κ2) is 6.18. The van der Waals surface area contributed by atoms with Gasteiger partial charge in [0.1, 0.15) is 4.90 Å². The normalized spacial score (nSPS) is 10.8. The smallest absolute Gasteiger partial charge is 0.265 e. The molecule has 110 valence electrons. The van der Waals surface area contributed by atoms with Crippen molar-refractivity contribution in [2.45, 2.75) is 11.8 Å². The number of aromatic nitrogens is 2. The number of nitrogens with two attached hydrogens (primary N) is 1. The average Bonchev–Trinajstić information content (AvgIpc) is 2.86. The summed E-state index contributed by atoms with van der Waals surface area (Å²) in [6.07, 6.45) is 1.25. The molecule has 0 fully saturated rings. The van der Waals surface area contributed by atoms with Gasteiger partial charge in [-0.25, -0.2) is 8.42 Å². The van der Waals surface area contributed by atoms with Crippen LogP contribution in [-0.4, -0.2) is 25.2 Å². The first-order valence-corrected chi connectivity index (χ1v) is 7.81. The van der Waals surface area contributed by atoms with E-state index >= 15 is 0 Å². The fourth-order valence-electron chi connectivity index (χ4n) is 1.67. The van der Waals surface area contributed by atoms with E-state index in [1.54, 1.807) is 25.1 Å². The van der Waals surface area contributed by atoms with Gasteiger partial charge >= 0.3 is 0 Å². The summed E-state index contributed by atoms with van der Waals surface area (Å²) in [5.41, 5.74) is 6.57. The second-order valence-electron chi connectivity index (χ2n) is 4.16. The van der Waals surface area contributed by atoms with Gasteiger partial charge < -0.3 is 5.73 Å². The zero-order valence-electron chi connectivity index (χ0n) is 11.1. The lowest BCUT2D eigenvalue weighted by Gasteiger charge is -2.09. The van der Waals surface area contributed by atoms with E-state index in [1.165, 1.54) is 6.20 Å². The van der Waals surface area contributed by atoms with Crippen molar-refractivity contribution >= 4 is 27.3 Å². The van der Waals surface area contributed by atoms with Gasteiger partial charge in [-0.3, -0.25) is 9.82 Å². The minimum Gasteiger partial charge on any atom is -0.320 e. The zero-order valence-corrected chi connectivity index (χ0v) is 12.7. The Balaban J connectivity index is 2.42. The summed E-state index contributed by atoms with van der Waals surface area (Å²) < 4.78 is 27.1. The highest BCUT2D eigenvalue weighted by Gasteiger charge is 2.19. The Hall–Kier alpha value is -2.01. The first-order chi connectivity index (χ1) is 9.94. The van der Waals surface area contributed by atoms with Crippen molar-refractivity contribution < 1.29 is 8.42 Å². The number of hydrogen-bond acceptors (Lipinski definition) is 4. The quantitative estimate of drug-likeness (QED) is 0.744. The molecule has 0 radical (unpaired) electrons. The Morgan fingerprint density at radius 2 is 2.24 bits per heavy atom. The third-order valence-corrected chi connectivity index (χ3v) is 4.34. The fourth-order valence-corrected chi connectivity index (χ4v) is 3.06. The fraction of sp³-hybridized carbons (Fsp3) is 0.154. The number of sulfonamides is 1. The number of rotatable bonds is 3. The third-order valence-electron chi connectivity index (χ3n) is 2.62. The standard InChI is InChI=1S/C13H13ClN4O2S/c1-9-13(8-16-17-9)21(19,20)18-12-5-4-11(14)7-10(12)3-2-6-15/h4-5,7-8,18H,6,15H2,1H3,(H,16,17). The molecule has 1 heterocycles. The molecule has 4 N–H and O–H groups in total. The number of anilines is 1. The largest absolute Gasteiger partial charge is 0.320 e. The molecule has 0 aliphatic rings. The van der Waals surface area contributed by atoms with E-state index in [0.717, 1.165) is 0 Å². The number of aromatic amines is 1. The van der Waals surface area contributed by atoms with Crippen molar-refractivity contribution in [3.8, 4) is 11.8 Å². The molecular formula is C13H13ClN4O2S. The first-order valence-electron chi connectivity index (χ1n) is 5.95. The number of hydrogen-bond donors (Lipinski definition) is 3. The van der Waals surface area contributed by atoms with Crippen LogP contribution in [0, 0.1) is 18.8 Å². The number of aryl methyl sites for hydroxylation is 1. The van der Waals surface area contributed by atoms with Crippen molar-refractivity contribution in [1.29, 1.82) is 0 Å². The van der Waals surface area contributed by atoms with E-state index in [-0.39, 0.29) is 11.4 Å². The molecule has 1 aromatic heterocycles. The van der Waals surface area contributed by atoms with Crippen LogP contribution in [0.4, 0.5) is 5.69 Å². The van der Waals surface area contributed by atoms with Crippen LogP contribution in [0.3, 0.4) is 0 Å². The molecule has 8 heteroatoms. The summed E-state index contributed by atoms with van der Waals surface area (Å²) in [6, 6.07) is 4.70. The van der Waals surface area contributed by atoms with E-state index in [9.17, 15) is 8.42 Å². The van der Waals surface area contributed by atoms with Crippen molar-refractivity contribution in [3.05, 3.63) is 40.7 Å². The van der Waals surface area contributed by atoms with Gasteiger partial charge in [0.05, 0.1) is 29.7 Å². The summed E-state index contributed by atoms with van der Waals surface area (Å²) in [6.45, 7) is 1.79. The minimum atomic E-state index is -3.75. The maximum Gasteiger partial charge on any atom is 0.265 e. The summed E-state index contributed by atoms with van der Waals surface area (Å²) in [7, 11) is -3.75. The van der Waals surface area contributed by atoms with Gasteiger partial charge in [-0.2, -0.15) is 5.10 Å². The molecule has 1 aromatic carbocycles. The maximum absolute atomic E-state index is 12.3. The lowest BCUT2D eigenvalue weighted by atomic mass is 10.2. The lowest BCUT2D eigenvalue weighted by molar-refractivity contribution is 0.600. The topological polar surface area (TPSA) is 101 Å². The van der Waals surface area contributed by atoms with Crippen molar-refractivity contribution in [3.63, 3.8) is 0 Å². The Morgan fingerprint density at radius 1 is 1.48 bits per heavy atom. The van der Waals surface area contributed by atoms with E-state index in [0.29, 0.717) is 22.0 Å². The molecular weight excluding hydrogens is 312 g/mol. The van der Waals surface area contributed by atoms with Crippen LogP contribution in [0.1, 0.15) is 11.3 Å². The predicted octanol–water partition coefficient (Wildman–Crippen LogP) is 1.48. The molecule has 2 rings (SSSR count). The molecule has 0 atom stereocenters. The van der Waals surface area contributed by atoms with Crippen molar-refractivity contribution in [2.24, 2.45) is 5.73 Å². The molecule has 0 aliphatic carbocycles.